The van der Waals surface area contributed by atoms with Gasteiger partial charge in [-0.15, -0.1) is 0 Å². The summed E-state index contributed by atoms with van der Waals surface area (Å²) in [5.74, 6) is 0.0621. The highest BCUT2D eigenvalue weighted by Crippen LogP contribution is 2.35. The van der Waals surface area contributed by atoms with Crippen LogP contribution in [0.3, 0.4) is 0 Å². The number of para-hydroxylation sites is 1. The van der Waals surface area contributed by atoms with Gasteiger partial charge in [-0.3, -0.25) is 9.48 Å². The van der Waals surface area contributed by atoms with Gasteiger partial charge in [-0.1, -0.05) is 42.5 Å². The number of hydrogen-bond donors (Lipinski definition) is 1. The maximum absolute atomic E-state index is 12.6. The Bertz CT molecular complexity index is 1080. The van der Waals surface area contributed by atoms with Crippen molar-refractivity contribution in [2.75, 3.05) is 0 Å². The van der Waals surface area contributed by atoms with Crippen LogP contribution in [0.25, 0.3) is 0 Å². The van der Waals surface area contributed by atoms with Crippen molar-refractivity contribution >= 4 is 11.6 Å². The molecule has 1 atom stereocenters. The molecule has 3 aromatic rings. The fraction of sp³-hybridized carbons (Fsp3) is 0.190. The van der Waals surface area contributed by atoms with Gasteiger partial charge in [0, 0.05) is 18.2 Å². The van der Waals surface area contributed by atoms with Crippen LogP contribution in [0.4, 0.5) is 13.2 Å². The summed E-state index contributed by atoms with van der Waals surface area (Å²) in [5, 5.41) is 7.59. The number of hydrogen-bond acceptors (Lipinski definition) is 4. The maximum Gasteiger partial charge on any atom is 0.435 e. The normalized spacial score (nSPS) is 17.3. The van der Waals surface area contributed by atoms with Crippen LogP contribution in [-0.4, -0.2) is 21.4 Å². The molecule has 0 saturated heterocycles. The Balaban J connectivity index is 1.50. The Morgan fingerprint density at radius 3 is 2.60 bits per heavy atom. The number of amides is 1. The first-order valence-corrected chi connectivity index (χ1v) is 9.17. The molecule has 1 aromatic heterocycles. The fourth-order valence-corrected chi connectivity index (χ4v) is 3.16. The summed E-state index contributed by atoms with van der Waals surface area (Å²) in [6.45, 7) is -0.382. The molecule has 1 aliphatic rings. The summed E-state index contributed by atoms with van der Waals surface area (Å²) in [5.41, 5.74) is 3.71. The van der Waals surface area contributed by atoms with Crippen molar-refractivity contribution in [2.45, 2.75) is 25.2 Å². The minimum absolute atomic E-state index is 0.266. The summed E-state index contributed by atoms with van der Waals surface area (Å²) in [4.78, 5) is 12.2. The molecule has 9 heteroatoms. The molecule has 1 aliphatic heterocycles. The molecule has 154 valence electrons. The lowest BCUT2D eigenvalue weighted by Crippen LogP contribution is -2.28. The molecular weight excluding hydrogens is 397 g/mol. The molecule has 4 rings (SSSR count). The highest BCUT2D eigenvalue weighted by atomic mass is 19.4. The molecule has 0 aliphatic carbocycles. The van der Waals surface area contributed by atoms with E-state index in [9.17, 15) is 18.0 Å². The van der Waals surface area contributed by atoms with E-state index in [-0.39, 0.29) is 12.6 Å². The fourth-order valence-electron chi connectivity index (χ4n) is 3.16. The number of fused-ring (bicyclic) bond motifs is 1. The largest absolute Gasteiger partial charge is 0.485 e. The third-order valence-corrected chi connectivity index (χ3v) is 4.57. The van der Waals surface area contributed by atoms with Gasteiger partial charge in [-0.2, -0.15) is 23.4 Å². The van der Waals surface area contributed by atoms with Gasteiger partial charge < -0.3 is 4.74 Å². The van der Waals surface area contributed by atoms with Crippen molar-refractivity contribution in [2.24, 2.45) is 5.10 Å². The van der Waals surface area contributed by atoms with Crippen molar-refractivity contribution < 1.29 is 22.7 Å². The van der Waals surface area contributed by atoms with Crippen LogP contribution < -0.4 is 10.2 Å². The Morgan fingerprint density at radius 2 is 1.87 bits per heavy atom. The molecule has 0 bridgehead atoms. The lowest BCUT2D eigenvalue weighted by atomic mass is 9.96. The van der Waals surface area contributed by atoms with Crippen LogP contribution in [0.1, 0.15) is 29.3 Å². The summed E-state index contributed by atoms with van der Waals surface area (Å²) in [6.07, 6.45) is -3.29. The van der Waals surface area contributed by atoms with Crippen LogP contribution in [0, 0.1) is 0 Å². The molecule has 2 heterocycles. The number of alkyl halides is 3. The second-order valence-corrected chi connectivity index (χ2v) is 6.71. The number of aromatic nitrogens is 2. The summed E-state index contributed by atoms with van der Waals surface area (Å²) in [7, 11) is 0. The van der Waals surface area contributed by atoms with E-state index in [1.807, 2.05) is 54.6 Å². The first-order chi connectivity index (χ1) is 14.4. The third kappa shape index (κ3) is 4.35. The predicted molar refractivity (Wildman–Crippen MR) is 103 cm³/mol. The highest BCUT2D eigenvalue weighted by molar-refractivity contribution is 6.04. The number of nitrogens with zero attached hydrogens (tertiary/aromatic N) is 3. The second kappa shape index (κ2) is 8.02. The highest BCUT2D eigenvalue weighted by Gasteiger charge is 2.33. The summed E-state index contributed by atoms with van der Waals surface area (Å²) >= 11 is 0. The van der Waals surface area contributed by atoms with Gasteiger partial charge in [-0.25, -0.2) is 5.43 Å². The van der Waals surface area contributed by atoms with E-state index in [0.717, 1.165) is 28.1 Å². The van der Waals surface area contributed by atoms with Crippen LogP contribution in [0.15, 0.2) is 72.0 Å². The van der Waals surface area contributed by atoms with Crippen molar-refractivity contribution in [3.63, 3.8) is 0 Å². The van der Waals surface area contributed by atoms with E-state index in [1.54, 1.807) is 0 Å². The van der Waals surface area contributed by atoms with E-state index in [1.165, 1.54) is 0 Å². The van der Waals surface area contributed by atoms with Gasteiger partial charge in [0.1, 0.15) is 18.4 Å². The van der Waals surface area contributed by atoms with Crippen LogP contribution in [0.2, 0.25) is 0 Å². The van der Waals surface area contributed by atoms with Gasteiger partial charge in [0.15, 0.2) is 5.69 Å². The minimum atomic E-state index is -4.56. The van der Waals surface area contributed by atoms with Crippen molar-refractivity contribution in [1.29, 1.82) is 0 Å². The van der Waals surface area contributed by atoms with Gasteiger partial charge >= 0.3 is 6.18 Å². The molecule has 1 unspecified atom stereocenters. The molecule has 0 fully saturated rings. The molecule has 1 N–H and O–H groups in total. The Kier molecular flexibility index (Phi) is 5.26. The maximum atomic E-state index is 12.6. The lowest BCUT2D eigenvalue weighted by Gasteiger charge is -2.27. The number of carbonyl (C=O) groups is 1. The standard InChI is InChI=1S/C21H17F3N4O2/c22-21(23,24)19-10-11-28(27-19)13-20(29)26-25-16-12-18(14-6-2-1-3-7-14)30-17-9-5-4-8-15(16)17/h1-11,18H,12-13H2,(H,26,29)/b25-16+. The first kappa shape index (κ1) is 19.7. The number of ether oxygens (including phenoxy) is 1. The van der Waals surface area contributed by atoms with E-state index in [4.69, 9.17) is 4.74 Å². The molecule has 30 heavy (non-hydrogen) atoms. The van der Waals surface area contributed by atoms with E-state index in [2.05, 4.69) is 15.6 Å². The second-order valence-electron chi connectivity index (χ2n) is 6.71. The number of hydrazone groups is 1. The predicted octanol–water partition coefficient (Wildman–Crippen LogP) is 3.95. The minimum Gasteiger partial charge on any atom is -0.485 e. The molecule has 1 amide bonds. The SMILES string of the molecule is O=C(Cn1ccc(C(F)(F)F)n1)N/N=C1\CC(c2ccccc2)Oc2ccccc21. The van der Waals surface area contributed by atoms with Crippen LogP contribution in [0.5, 0.6) is 5.75 Å². The molecule has 2 aromatic carbocycles. The van der Waals surface area contributed by atoms with Gasteiger partial charge in [0.05, 0.1) is 5.71 Å². The Hall–Kier alpha value is -3.62. The van der Waals surface area contributed by atoms with E-state index >= 15 is 0 Å². The zero-order valence-corrected chi connectivity index (χ0v) is 15.6. The summed E-state index contributed by atoms with van der Waals surface area (Å²) in [6, 6.07) is 17.8. The monoisotopic (exact) mass is 414 g/mol. The number of halogens is 3. The number of benzene rings is 2. The average molecular weight is 414 g/mol. The van der Waals surface area contributed by atoms with E-state index < -0.39 is 17.8 Å². The zero-order valence-electron chi connectivity index (χ0n) is 15.6. The topological polar surface area (TPSA) is 68.5 Å². The molecule has 0 saturated carbocycles. The zero-order chi connectivity index (χ0) is 21.1. The molecule has 0 radical (unpaired) electrons. The van der Waals surface area contributed by atoms with Gasteiger partial charge in [0.2, 0.25) is 0 Å². The van der Waals surface area contributed by atoms with Crippen LogP contribution >= 0.6 is 0 Å². The quantitative estimate of drug-likeness (QED) is 0.658. The smallest absolute Gasteiger partial charge is 0.435 e. The van der Waals surface area contributed by atoms with Gasteiger partial charge in [0.25, 0.3) is 5.91 Å². The Labute approximate surface area is 170 Å². The number of nitrogens with one attached hydrogen (secondary N) is 1. The third-order valence-electron chi connectivity index (χ3n) is 4.57. The summed E-state index contributed by atoms with van der Waals surface area (Å²) < 4.78 is 44.9. The van der Waals surface area contributed by atoms with Crippen molar-refractivity contribution in [1.82, 2.24) is 15.2 Å². The first-order valence-electron chi connectivity index (χ1n) is 9.17. The Morgan fingerprint density at radius 1 is 1.13 bits per heavy atom. The lowest BCUT2D eigenvalue weighted by molar-refractivity contribution is -0.141. The van der Waals surface area contributed by atoms with Crippen LogP contribution in [-0.2, 0) is 17.5 Å². The molecule has 0 spiro atoms. The molecular formula is C21H17F3N4O2. The average Bonchev–Trinajstić information content (AvgIpc) is 3.21. The van der Waals surface area contributed by atoms with Gasteiger partial charge in [-0.05, 0) is 23.8 Å². The number of carbonyl (C=O) groups excluding carboxylic acids is 1. The molecule has 6 nitrogen and oxygen atoms in total. The van der Waals surface area contributed by atoms with E-state index in [0.29, 0.717) is 17.9 Å². The number of rotatable bonds is 4. The van der Waals surface area contributed by atoms with Crippen molar-refractivity contribution in [3.8, 4) is 5.75 Å². The van der Waals surface area contributed by atoms with Crippen molar-refractivity contribution in [3.05, 3.63) is 83.7 Å².